The van der Waals surface area contributed by atoms with Crippen molar-refractivity contribution in [2.24, 2.45) is 17.1 Å². The second-order valence-electron chi connectivity index (χ2n) is 6.90. The lowest BCUT2D eigenvalue weighted by Crippen LogP contribution is -2.38. The molecule has 3 N–H and O–H groups in total. The molecule has 0 saturated heterocycles. The highest BCUT2D eigenvalue weighted by Gasteiger charge is 2.23. The van der Waals surface area contributed by atoms with Crippen LogP contribution >= 0.6 is 0 Å². The third-order valence-corrected chi connectivity index (χ3v) is 4.64. The van der Waals surface area contributed by atoms with E-state index in [2.05, 4.69) is 26.1 Å². The van der Waals surface area contributed by atoms with Crippen molar-refractivity contribution >= 4 is 5.91 Å². The van der Waals surface area contributed by atoms with Gasteiger partial charge < -0.3 is 11.1 Å². The Hall–Kier alpha value is -0.570. The molecule has 3 heteroatoms. The van der Waals surface area contributed by atoms with Crippen LogP contribution in [0.2, 0.25) is 0 Å². The van der Waals surface area contributed by atoms with Crippen LogP contribution in [0.5, 0.6) is 0 Å². The molecule has 1 rings (SSSR count). The van der Waals surface area contributed by atoms with Crippen molar-refractivity contribution in [1.82, 2.24) is 5.32 Å². The summed E-state index contributed by atoms with van der Waals surface area (Å²) < 4.78 is 0. The van der Waals surface area contributed by atoms with Gasteiger partial charge in [-0.05, 0) is 56.4 Å². The molecule has 0 aromatic heterocycles. The first kappa shape index (κ1) is 16.5. The summed E-state index contributed by atoms with van der Waals surface area (Å²) in [5, 5.41) is 3.21. The molecule has 1 aliphatic carbocycles. The number of hydrogen-bond donors (Lipinski definition) is 2. The van der Waals surface area contributed by atoms with E-state index in [-0.39, 0.29) is 11.3 Å². The van der Waals surface area contributed by atoms with E-state index in [1.54, 1.807) is 0 Å². The summed E-state index contributed by atoms with van der Waals surface area (Å²) in [4.78, 5) is 12.0. The monoisotopic (exact) mass is 268 g/mol. The van der Waals surface area contributed by atoms with Crippen molar-refractivity contribution in [3.63, 3.8) is 0 Å². The van der Waals surface area contributed by atoms with Crippen LogP contribution in [0.15, 0.2) is 0 Å². The van der Waals surface area contributed by atoms with Gasteiger partial charge in [0, 0.05) is 12.5 Å². The number of rotatable bonds is 7. The largest absolute Gasteiger partial charge is 0.353 e. The van der Waals surface area contributed by atoms with Gasteiger partial charge in [-0.1, -0.05) is 27.2 Å². The first-order chi connectivity index (χ1) is 8.96. The molecule has 0 bridgehead atoms. The van der Waals surface area contributed by atoms with Gasteiger partial charge in [0.25, 0.3) is 0 Å². The molecular weight excluding hydrogens is 236 g/mol. The number of carbonyl (C=O) groups excluding carboxylic acids is 1. The smallest absolute Gasteiger partial charge is 0.220 e. The molecule has 0 heterocycles. The molecule has 0 unspecified atom stereocenters. The maximum Gasteiger partial charge on any atom is 0.220 e. The molecule has 0 aliphatic heterocycles. The van der Waals surface area contributed by atoms with E-state index in [9.17, 15) is 4.79 Å². The normalized spacial score (nSPS) is 24.2. The lowest BCUT2D eigenvalue weighted by molar-refractivity contribution is -0.122. The number of nitrogens with one attached hydrogen (secondary N) is 1. The van der Waals surface area contributed by atoms with Crippen molar-refractivity contribution in [2.75, 3.05) is 6.54 Å². The third kappa shape index (κ3) is 6.42. The summed E-state index contributed by atoms with van der Waals surface area (Å²) in [6.07, 6.45) is 8.73. The topological polar surface area (TPSA) is 55.1 Å². The number of hydrogen-bond acceptors (Lipinski definition) is 2. The summed E-state index contributed by atoms with van der Waals surface area (Å²) in [5.74, 6) is 1.11. The van der Waals surface area contributed by atoms with Gasteiger partial charge in [0.2, 0.25) is 5.91 Å². The predicted octanol–water partition coefficient (Wildman–Crippen LogP) is 3.23. The standard InChI is InChI=1S/C16H32N2O/c1-4-13-5-7-14(8-6-13)18-15(19)9-10-16(2,3)11-12-17/h13-14H,4-12,17H2,1-3H3,(H,18,19). The fourth-order valence-corrected chi connectivity index (χ4v) is 2.98. The summed E-state index contributed by atoms with van der Waals surface area (Å²) in [6.45, 7) is 7.36. The van der Waals surface area contributed by atoms with Crippen LogP contribution in [0.3, 0.4) is 0 Å². The molecule has 0 atom stereocenters. The van der Waals surface area contributed by atoms with Gasteiger partial charge in [-0.2, -0.15) is 0 Å². The Kier molecular flexibility index (Phi) is 6.84. The van der Waals surface area contributed by atoms with Gasteiger partial charge in [0.05, 0.1) is 0 Å². The Balaban J connectivity index is 2.21. The van der Waals surface area contributed by atoms with Crippen molar-refractivity contribution in [3.05, 3.63) is 0 Å². The molecular formula is C16H32N2O. The van der Waals surface area contributed by atoms with Crippen LogP contribution in [0.25, 0.3) is 0 Å². The van der Waals surface area contributed by atoms with E-state index in [4.69, 9.17) is 5.73 Å². The van der Waals surface area contributed by atoms with Gasteiger partial charge in [0.15, 0.2) is 0 Å². The van der Waals surface area contributed by atoms with Crippen LogP contribution in [-0.2, 0) is 4.79 Å². The number of nitrogens with two attached hydrogens (primary N) is 1. The van der Waals surface area contributed by atoms with E-state index in [0.717, 1.165) is 31.6 Å². The Morgan fingerprint density at radius 1 is 1.21 bits per heavy atom. The van der Waals surface area contributed by atoms with Gasteiger partial charge >= 0.3 is 0 Å². The minimum atomic E-state index is 0.186. The highest BCUT2D eigenvalue weighted by atomic mass is 16.1. The first-order valence-electron chi connectivity index (χ1n) is 7.96. The Labute approximate surface area is 118 Å². The van der Waals surface area contributed by atoms with E-state index in [1.807, 2.05) is 0 Å². The molecule has 1 fully saturated rings. The Bertz CT molecular complexity index is 268. The quantitative estimate of drug-likeness (QED) is 0.745. The fraction of sp³-hybridized carbons (Fsp3) is 0.938. The summed E-state index contributed by atoms with van der Waals surface area (Å²) >= 11 is 0. The lowest BCUT2D eigenvalue weighted by Gasteiger charge is -2.29. The highest BCUT2D eigenvalue weighted by molar-refractivity contribution is 5.76. The molecule has 0 spiro atoms. The Morgan fingerprint density at radius 3 is 2.37 bits per heavy atom. The zero-order chi connectivity index (χ0) is 14.3. The molecule has 1 aliphatic rings. The van der Waals surface area contributed by atoms with Crippen molar-refractivity contribution in [1.29, 1.82) is 0 Å². The average molecular weight is 268 g/mol. The Morgan fingerprint density at radius 2 is 1.84 bits per heavy atom. The zero-order valence-corrected chi connectivity index (χ0v) is 13.0. The van der Waals surface area contributed by atoms with Gasteiger partial charge in [0.1, 0.15) is 0 Å². The van der Waals surface area contributed by atoms with E-state index in [0.29, 0.717) is 19.0 Å². The maximum absolute atomic E-state index is 12.0. The van der Waals surface area contributed by atoms with Crippen LogP contribution in [0, 0.1) is 11.3 Å². The molecule has 1 saturated carbocycles. The van der Waals surface area contributed by atoms with E-state index < -0.39 is 0 Å². The predicted molar refractivity (Wildman–Crippen MR) is 80.9 cm³/mol. The van der Waals surface area contributed by atoms with Crippen molar-refractivity contribution in [2.45, 2.75) is 78.2 Å². The second-order valence-corrected chi connectivity index (χ2v) is 6.90. The summed E-state index contributed by atoms with van der Waals surface area (Å²) in [7, 11) is 0. The molecule has 19 heavy (non-hydrogen) atoms. The van der Waals surface area contributed by atoms with Crippen LogP contribution < -0.4 is 11.1 Å². The van der Waals surface area contributed by atoms with Gasteiger partial charge in [-0.15, -0.1) is 0 Å². The van der Waals surface area contributed by atoms with E-state index >= 15 is 0 Å². The minimum absolute atomic E-state index is 0.186. The molecule has 0 radical (unpaired) electrons. The number of carbonyl (C=O) groups is 1. The van der Waals surface area contributed by atoms with Crippen LogP contribution in [-0.4, -0.2) is 18.5 Å². The highest BCUT2D eigenvalue weighted by Crippen LogP contribution is 2.28. The molecule has 0 aromatic carbocycles. The minimum Gasteiger partial charge on any atom is -0.353 e. The van der Waals surface area contributed by atoms with Crippen molar-refractivity contribution in [3.8, 4) is 0 Å². The SMILES string of the molecule is CCC1CCC(NC(=O)CCC(C)(C)CCN)CC1. The van der Waals surface area contributed by atoms with Crippen LogP contribution in [0.4, 0.5) is 0 Å². The van der Waals surface area contributed by atoms with Crippen LogP contribution in [0.1, 0.15) is 72.1 Å². The lowest BCUT2D eigenvalue weighted by atomic mass is 9.83. The zero-order valence-electron chi connectivity index (χ0n) is 13.0. The summed E-state index contributed by atoms with van der Waals surface area (Å²) in [6, 6.07) is 0.424. The number of amides is 1. The average Bonchev–Trinajstić information content (AvgIpc) is 2.37. The maximum atomic E-state index is 12.0. The molecule has 0 aromatic rings. The first-order valence-corrected chi connectivity index (χ1v) is 7.96. The van der Waals surface area contributed by atoms with Gasteiger partial charge in [-0.25, -0.2) is 0 Å². The molecule has 3 nitrogen and oxygen atoms in total. The third-order valence-electron chi connectivity index (χ3n) is 4.64. The van der Waals surface area contributed by atoms with Crippen molar-refractivity contribution < 1.29 is 4.79 Å². The molecule has 112 valence electrons. The fourth-order valence-electron chi connectivity index (χ4n) is 2.98. The van der Waals surface area contributed by atoms with E-state index in [1.165, 1.54) is 19.3 Å². The summed E-state index contributed by atoms with van der Waals surface area (Å²) in [5.41, 5.74) is 5.78. The van der Waals surface area contributed by atoms with Gasteiger partial charge in [-0.3, -0.25) is 4.79 Å². The molecule has 1 amide bonds. The second kappa shape index (κ2) is 7.88.